The van der Waals surface area contributed by atoms with Crippen LogP contribution in [-0.4, -0.2) is 23.9 Å². The van der Waals surface area contributed by atoms with Crippen LogP contribution in [-0.2, 0) is 9.59 Å². The van der Waals surface area contributed by atoms with Crippen LogP contribution in [0, 0.1) is 0 Å². The molecule has 0 unspecified atom stereocenters. The number of primary amides is 1. The zero-order valence-electron chi connectivity index (χ0n) is 16.6. The molecule has 0 radical (unpaired) electrons. The van der Waals surface area contributed by atoms with E-state index in [1.54, 1.807) is 35.3 Å². The number of rotatable bonds is 8. The normalized spacial score (nSPS) is 11.1. The molecule has 158 valence electrons. The van der Waals surface area contributed by atoms with Gasteiger partial charge in [-0.05, 0) is 36.4 Å². The predicted octanol–water partition coefficient (Wildman–Crippen LogP) is 2.89. The quantitative estimate of drug-likeness (QED) is 0.487. The number of benzene rings is 3. The fraction of sp³-hybridized carbons (Fsp3) is 0.0870. The summed E-state index contributed by atoms with van der Waals surface area (Å²) < 4.78 is 5.16. The summed E-state index contributed by atoms with van der Waals surface area (Å²) >= 11 is 0. The van der Waals surface area contributed by atoms with Crippen LogP contribution in [0.15, 0.2) is 91.0 Å². The van der Waals surface area contributed by atoms with Crippen molar-refractivity contribution in [3.05, 3.63) is 91.0 Å². The van der Waals surface area contributed by atoms with Gasteiger partial charge in [-0.2, -0.15) is 0 Å². The van der Waals surface area contributed by atoms with E-state index in [4.69, 9.17) is 10.5 Å². The van der Waals surface area contributed by atoms with Crippen molar-refractivity contribution in [2.45, 2.75) is 12.5 Å². The van der Waals surface area contributed by atoms with Gasteiger partial charge in [0.1, 0.15) is 11.8 Å². The standard InChI is InChI=1S/C23H22N4O4/c24-21(28)16-20(25-23(30)31-19-14-8-3-9-15-19)22(29)26-27(17-10-4-1-5-11-17)18-12-6-2-7-13-18/h1-15,20H,16H2,(H2,24,28)(H,25,30)(H,26,29)/t20-/m0/s1. The molecule has 4 N–H and O–H groups in total. The zero-order chi connectivity index (χ0) is 22.1. The highest BCUT2D eigenvalue weighted by atomic mass is 16.6. The fourth-order valence-corrected chi connectivity index (χ4v) is 2.80. The molecule has 0 aliphatic carbocycles. The summed E-state index contributed by atoms with van der Waals surface area (Å²) in [4.78, 5) is 36.8. The van der Waals surface area contributed by atoms with Crippen molar-refractivity contribution in [2.75, 3.05) is 5.01 Å². The molecular formula is C23H22N4O4. The second kappa shape index (κ2) is 10.4. The summed E-state index contributed by atoms with van der Waals surface area (Å²) in [6.45, 7) is 0. The number of hydrogen-bond donors (Lipinski definition) is 3. The molecule has 0 aliphatic rings. The Balaban J connectivity index is 1.77. The summed E-state index contributed by atoms with van der Waals surface area (Å²) in [5.74, 6) is -1.07. The topological polar surface area (TPSA) is 114 Å². The molecule has 0 aromatic heterocycles. The Morgan fingerprint density at radius 1 is 0.806 bits per heavy atom. The summed E-state index contributed by atoms with van der Waals surface area (Å²) in [6.07, 6.45) is -1.27. The molecule has 0 bridgehead atoms. The number of carbonyl (C=O) groups is 3. The lowest BCUT2D eigenvalue weighted by molar-refractivity contribution is -0.127. The van der Waals surface area contributed by atoms with Crippen LogP contribution in [0.4, 0.5) is 16.2 Å². The van der Waals surface area contributed by atoms with Gasteiger partial charge in [0.25, 0.3) is 5.91 Å². The van der Waals surface area contributed by atoms with Gasteiger partial charge in [-0.1, -0.05) is 54.6 Å². The van der Waals surface area contributed by atoms with Gasteiger partial charge in [0.05, 0.1) is 17.8 Å². The Morgan fingerprint density at radius 3 is 1.77 bits per heavy atom. The van der Waals surface area contributed by atoms with E-state index >= 15 is 0 Å². The number of nitrogens with two attached hydrogens (primary N) is 1. The number of nitrogens with one attached hydrogen (secondary N) is 2. The molecule has 0 saturated heterocycles. The third-order valence-electron chi connectivity index (χ3n) is 4.22. The van der Waals surface area contributed by atoms with E-state index in [2.05, 4.69) is 10.7 Å². The van der Waals surface area contributed by atoms with Crippen LogP contribution in [0.1, 0.15) is 6.42 Å². The second-order valence-electron chi connectivity index (χ2n) is 6.55. The van der Waals surface area contributed by atoms with Crippen molar-refractivity contribution in [1.29, 1.82) is 0 Å². The van der Waals surface area contributed by atoms with Gasteiger partial charge in [-0.25, -0.2) is 4.79 Å². The van der Waals surface area contributed by atoms with Gasteiger partial charge in [0, 0.05) is 0 Å². The monoisotopic (exact) mass is 418 g/mol. The van der Waals surface area contributed by atoms with Crippen LogP contribution in [0.5, 0.6) is 5.75 Å². The van der Waals surface area contributed by atoms with Crippen LogP contribution < -0.4 is 26.2 Å². The van der Waals surface area contributed by atoms with Crippen molar-refractivity contribution in [3.8, 4) is 5.75 Å². The first kappa shape index (κ1) is 21.4. The van der Waals surface area contributed by atoms with E-state index < -0.39 is 30.4 Å². The van der Waals surface area contributed by atoms with Crippen LogP contribution in [0.3, 0.4) is 0 Å². The molecule has 3 aromatic carbocycles. The molecule has 0 spiro atoms. The number of hydrogen-bond acceptors (Lipinski definition) is 5. The number of para-hydroxylation sites is 3. The van der Waals surface area contributed by atoms with Crippen LogP contribution in [0.2, 0.25) is 0 Å². The smallest absolute Gasteiger partial charge is 0.410 e. The van der Waals surface area contributed by atoms with E-state index in [9.17, 15) is 14.4 Å². The van der Waals surface area contributed by atoms with Crippen LogP contribution >= 0.6 is 0 Å². The van der Waals surface area contributed by atoms with E-state index in [1.165, 1.54) is 0 Å². The van der Waals surface area contributed by atoms with Crippen LogP contribution in [0.25, 0.3) is 0 Å². The summed E-state index contributed by atoms with van der Waals surface area (Å²) in [5, 5.41) is 3.96. The van der Waals surface area contributed by atoms with Crippen molar-refractivity contribution < 1.29 is 19.1 Å². The lowest BCUT2D eigenvalue weighted by atomic mass is 10.2. The molecule has 0 saturated carbocycles. The predicted molar refractivity (Wildman–Crippen MR) is 116 cm³/mol. The van der Waals surface area contributed by atoms with E-state index in [1.807, 2.05) is 60.7 Å². The maximum absolute atomic E-state index is 13.0. The molecule has 8 heteroatoms. The molecular weight excluding hydrogens is 396 g/mol. The van der Waals surface area contributed by atoms with Crippen molar-refractivity contribution in [2.24, 2.45) is 5.73 Å². The largest absolute Gasteiger partial charge is 0.413 e. The van der Waals surface area contributed by atoms with Gasteiger partial charge in [-0.3, -0.25) is 20.0 Å². The molecule has 1 atom stereocenters. The number of anilines is 2. The minimum atomic E-state index is -1.23. The Hall–Kier alpha value is -4.33. The molecule has 0 heterocycles. The highest BCUT2D eigenvalue weighted by Crippen LogP contribution is 2.22. The van der Waals surface area contributed by atoms with E-state index in [0.717, 1.165) is 0 Å². The average Bonchev–Trinajstić information content (AvgIpc) is 2.78. The first-order valence-corrected chi connectivity index (χ1v) is 9.55. The lowest BCUT2D eigenvalue weighted by Crippen LogP contribution is -2.53. The molecule has 8 nitrogen and oxygen atoms in total. The van der Waals surface area contributed by atoms with Gasteiger partial charge in [0.15, 0.2) is 0 Å². The highest BCUT2D eigenvalue weighted by molar-refractivity contribution is 5.92. The third kappa shape index (κ3) is 6.33. The fourth-order valence-electron chi connectivity index (χ4n) is 2.80. The lowest BCUT2D eigenvalue weighted by Gasteiger charge is -2.27. The van der Waals surface area contributed by atoms with Gasteiger partial charge < -0.3 is 15.8 Å². The van der Waals surface area contributed by atoms with Crippen molar-refractivity contribution in [3.63, 3.8) is 0 Å². The van der Waals surface area contributed by atoms with Gasteiger partial charge in [0.2, 0.25) is 5.91 Å². The van der Waals surface area contributed by atoms with Crippen molar-refractivity contribution >= 4 is 29.3 Å². The number of nitrogens with zero attached hydrogens (tertiary/aromatic N) is 1. The first-order valence-electron chi connectivity index (χ1n) is 9.55. The number of carbonyl (C=O) groups excluding carboxylic acids is 3. The number of ether oxygens (including phenoxy) is 1. The van der Waals surface area contributed by atoms with Crippen molar-refractivity contribution in [1.82, 2.24) is 10.7 Å². The molecule has 3 aromatic rings. The first-order chi connectivity index (χ1) is 15.0. The zero-order valence-corrected chi connectivity index (χ0v) is 16.6. The highest BCUT2D eigenvalue weighted by Gasteiger charge is 2.26. The minimum Gasteiger partial charge on any atom is -0.410 e. The minimum absolute atomic E-state index is 0.299. The Kier molecular flexibility index (Phi) is 7.21. The molecule has 31 heavy (non-hydrogen) atoms. The van der Waals surface area contributed by atoms with E-state index in [-0.39, 0.29) is 0 Å². The number of amides is 3. The Bertz CT molecular complexity index is 974. The van der Waals surface area contributed by atoms with Gasteiger partial charge in [-0.15, -0.1) is 0 Å². The van der Waals surface area contributed by atoms with Gasteiger partial charge >= 0.3 is 6.09 Å². The second-order valence-corrected chi connectivity index (χ2v) is 6.55. The number of hydrazine groups is 1. The Morgan fingerprint density at radius 2 is 1.29 bits per heavy atom. The summed E-state index contributed by atoms with van der Waals surface area (Å²) in [5.41, 5.74) is 9.40. The third-order valence-corrected chi connectivity index (χ3v) is 4.22. The average molecular weight is 418 g/mol. The maximum atomic E-state index is 13.0. The SMILES string of the molecule is NC(=O)C[C@H](NC(=O)Oc1ccccc1)C(=O)NN(c1ccccc1)c1ccccc1. The molecule has 3 rings (SSSR count). The molecule has 3 amide bonds. The maximum Gasteiger partial charge on any atom is 0.413 e. The summed E-state index contributed by atoms with van der Waals surface area (Å²) in [6, 6.07) is 25.4. The summed E-state index contributed by atoms with van der Waals surface area (Å²) in [7, 11) is 0. The van der Waals surface area contributed by atoms with E-state index in [0.29, 0.717) is 17.1 Å². The molecule has 0 aliphatic heterocycles. The Labute approximate surface area is 179 Å². The molecule has 0 fully saturated rings.